The van der Waals surface area contributed by atoms with Crippen LogP contribution in [-0.2, 0) is 9.47 Å². The first kappa shape index (κ1) is 10.1. The maximum atomic E-state index is 12.7. The maximum absolute atomic E-state index is 12.7. The van der Waals surface area contributed by atoms with E-state index in [9.17, 15) is 8.78 Å². The van der Waals surface area contributed by atoms with Gasteiger partial charge in [0.25, 0.3) is 0 Å². The van der Waals surface area contributed by atoms with E-state index < -0.39 is 17.9 Å². The first-order chi connectivity index (χ1) is 6.17. The van der Waals surface area contributed by atoms with E-state index >= 15 is 0 Å². The topological polar surface area (TPSA) is 18.5 Å². The van der Waals surface area contributed by atoms with Crippen molar-refractivity contribution in [2.24, 2.45) is 0 Å². The minimum Gasteiger partial charge on any atom is -0.352 e. The molecule has 2 nitrogen and oxygen atoms in total. The minimum absolute atomic E-state index is 0.322. The molecule has 0 saturated heterocycles. The summed E-state index contributed by atoms with van der Waals surface area (Å²) in [5.41, 5.74) is 0.322. The highest BCUT2D eigenvalue weighted by molar-refractivity contribution is 5.18. The van der Waals surface area contributed by atoms with Crippen LogP contribution in [0.2, 0.25) is 0 Å². The molecule has 0 heterocycles. The number of halogens is 2. The second-order valence-electron chi connectivity index (χ2n) is 2.51. The Balaban J connectivity index is 2.99. The summed E-state index contributed by atoms with van der Waals surface area (Å²) in [7, 11) is 2.80. The third-order valence-corrected chi connectivity index (χ3v) is 1.59. The van der Waals surface area contributed by atoms with E-state index in [0.717, 1.165) is 6.07 Å². The summed E-state index contributed by atoms with van der Waals surface area (Å²) in [4.78, 5) is 0. The minimum atomic E-state index is -0.731. The molecule has 1 aromatic carbocycles. The van der Waals surface area contributed by atoms with Gasteiger partial charge in [-0.25, -0.2) is 8.78 Å². The largest absolute Gasteiger partial charge is 0.352 e. The van der Waals surface area contributed by atoms with Gasteiger partial charge in [-0.15, -0.1) is 0 Å². The molecule has 72 valence electrons. The summed E-state index contributed by atoms with van der Waals surface area (Å²) in [5.74, 6) is -1.29. The molecule has 4 heteroatoms. The molecule has 0 aliphatic heterocycles. The Kier molecular flexibility index (Phi) is 3.33. The van der Waals surface area contributed by atoms with Crippen molar-refractivity contribution in [3.8, 4) is 0 Å². The Morgan fingerprint density at radius 3 is 1.85 bits per heavy atom. The van der Waals surface area contributed by atoms with Crippen molar-refractivity contribution in [1.82, 2.24) is 0 Å². The summed E-state index contributed by atoms with van der Waals surface area (Å²) >= 11 is 0. The smallest absolute Gasteiger partial charge is 0.183 e. The van der Waals surface area contributed by atoms with E-state index in [1.54, 1.807) is 0 Å². The quantitative estimate of drug-likeness (QED) is 0.677. The number of rotatable bonds is 3. The van der Waals surface area contributed by atoms with Gasteiger partial charge in [0, 0.05) is 25.8 Å². The second-order valence-corrected chi connectivity index (χ2v) is 2.51. The zero-order valence-electron chi connectivity index (χ0n) is 7.38. The summed E-state index contributed by atoms with van der Waals surface area (Å²) < 4.78 is 35.1. The molecule has 13 heavy (non-hydrogen) atoms. The van der Waals surface area contributed by atoms with Gasteiger partial charge in [0.15, 0.2) is 6.29 Å². The lowest BCUT2D eigenvalue weighted by atomic mass is 10.2. The highest BCUT2D eigenvalue weighted by Gasteiger charge is 2.11. The normalized spacial score (nSPS) is 10.8. The number of methoxy groups -OCH3 is 2. The van der Waals surface area contributed by atoms with Crippen molar-refractivity contribution in [1.29, 1.82) is 0 Å². The molecule has 0 aliphatic rings. The Morgan fingerprint density at radius 2 is 1.46 bits per heavy atom. The predicted octanol–water partition coefficient (Wildman–Crippen LogP) is 2.26. The van der Waals surface area contributed by atoms with Gasteiger partial charge in [0.1, 0.15) is 11.6 Å². The molecule has 0 amide bonds. The van der Waals surface area contributed by atoms with Gasteiger partial charge in [-0.3, -0.25) is 0 Å². The molecule has 1 aromatic rings. The molecule has 0 unspecified atom stereocenters. The number of hydrogen-bond acceptors (Lipinski definition) is 2. The summed E-state index contributed by atoms with van der Waals surface area (Å²) in [6, 6.07) is 3.13. The van der Waals surface area contributed by atoms with Crippen molar-refractivity contribution in [3.63, 3.8) is 0 Å². The third kappa shape index (κ3) is 2.47. The zero-order valence-corrected chi connectivity index (χ0v) is 7.38. The Morgan fingerprint density at radius 1 is 1.00 bits per heavy atom. The summed E-state index contributed by atoms with van der Waals surface area (Å²) in [6.07, 6.45) is -0.731. The SMILES string of the molecule is COC(OC)c1cc(F)cc(F)c1. The molecule has 0 spiro atoms. The monoisotopic (exact) mass is 188 g/mol. The van der Waals surface area contributed by atoms with Crippen LogP contribution in [0.4, 0.5) is 8.78 Å². The fraction of sp³-hybridized carbons (Fsp3) is 0.333. The Bertz CT molecular complexity index is 265. The lowest BCUT2D eigenvalue weighted by Crippen LogP contribution is -2.04. The highest BCUT2D eigenvalue weighted by atomic mass is 19.1. The number of benzene rings is 1. The molecule has 0 atom stereocenters. The van der Waals surface area contributed by atoms with Crippen molar-refractivity contribution in [3.05, 3.63) is 35.4 Å². The molecular weight excluding hydrogens is 178 g/mol. The lowest BCUT2D eigenvalue weighted by molar-refractivity contribution is -0.106. The molecule has 0 saturated carbocycles. The van der Waals surface area contributed by atoms with Gasteiger partial charge in [-0.2, -0.15) is 0 Å². The van der Waals surface area contributed by atoms with E-state index in [1.807, 2.05) is 0 Å². The lowest BCUT2D eigenvalue weighted by Gasteiger charge is -2.13. The molecule has 1 rings (SSSR count). The van der Waals surface area contributed by atoms with Crippen LogP contribution in [0.1, 0.15) is 11.9 Å². The molecule has 0 aliphatic carbocycles. The zero-order chi connectivity index (χ0) is 9.84. The van der Waals surface area contributed by atoms with Crippen LogP contribution < -0.4 is 0 Å². The van der Waals surface area contributed by atoms with Crippen LogP contribution in [0, 0.1) is 11.6 Å². The standard InChI is InChI=1S/C9H10F2O2/c1-12-9(13-2)6-3-7(10)5-8(11)4-6/h3-5,9H,1-2H3. The van der Waals surface area contributed by atoms with Gasteiger partial charge in [-0.1, -0.05) is 0 Å². The fourth-order valence-corrected chi connectivity index (χ4v) is 1.08. The Hall–Kier alpha value is -1.00. The molecule has 0 radical (unpaired) electrons. The van der Waals surface area contributed by atoms with Gasteiger partial charge < -0.3 is 9.47 Å². The summed E-state index contributed by atoms with van der Waals surface area (Å²) in [6.45, 7) is 0. The Labute approximate surface area is 75.1 Å². The van der Waals surface area contributed by atoms with Gasteiger partial charge in [-0.05, 0) is 12.1 Å². The predicted molar refractivity (Wildman–Crippen MR) is 43.1 cm³/mol. The maximum Gasteiger partial charge on any atom is 0.183 e. The van der Waals surface area contributed by atoms with Crippen LogP contribution >= 0.6 is 0 Å². The first-order valence-corrected chi connectivity index (χ1v) is 3.69. The number of ether oxygens (including phenoxy) is 2. The molecular formula is C9H10F2O2. The van der Waals surface area contributed by atoms with E-state index in [1.165, 1.54) is 26.4 Å². The first-order valence-electron chi connectivity index (χ1n) is 3.69. The van der Waals surface area contributed by atoms with Crippen molar-refractivity contribution in [2.75, 3.05) is 14.2 Å². The van der Waals surface area contributed by atoms with Crippen LogP contribution in [0.25, 0.3) is 0 Å². The van der Waals surface area contributed by atoms with E-state index in [4.69, 9.17) is 9.47 Å². The van der Waals surface area contributed by atoms with Crippen molar-refractivity contribution < 1.29 is 18.3 Å². The van der Waals surface area contributed by atoms with E-state index in [2.05, 4.69) is 0 Å². The van der Waals surface area contributed by atoms with E-state index in [-0.39, 0.29) is 0 Å². The van der Waals surface area contributed by atoms with Crippen LogP contribution in [-0.4, -0.2) is 14.2 Å². The van der Waals surface area contributed by atoms with Crippen molar-refractivity contribution in [2.45, 2.75) is 6.29 Å². The summed E-state index contributed by atoms with van der Waals surface area (Å²) in [5, 5.41) is 0. The second kappa shape index (κ2) is 4.30. The molecule has 0 bridgehead atoms. The van der Waals surface area contributed by atoms with Gasteiger partial charge >= 0.3 is 0 Å². The fourth-order valence-electron chi connectivity index (χ4n) is 1.08. The van der Waals surface area contributed by atoms with E-state index in [0.29, 0.717) is 5.56 Å². The third-order valence-electron chi connectivity index (χ3n) is 1.59. The average molecular weight is 188 g/mol. The van der Waals surface area contributed by atoms with Crippen molar-refractivity contribution >= 4 is 0 Å². The van der Waals surface area contributed by atoms with Gasteiger partial charge in [0.2, 0.25) is 0 Å². The van der Waals surface area contributed by atoms with Crippen LogP contribution in [0.5, 0.6) is 0 Å². The van der Waals surface area contributed by atoms with Crippen LogP contribution in [0.15, 0.2) is 18.2 Å². The average Bonchev–Trinajstić information content (AvgIpc) is 2.04. The van der Waals surface area contributed by atoms with Crippen LogP contribution in [0.3, 0.4) is 0 Å². The number of hydrogen-bond donors (Lipinski definition) is 0. The molecule has 0 N–H and O–H groups in total. The highest BCUT2D eigenvalue weighted by Crippen LogP contribution is 2.19. The molecule has 0 fully saturated rings. The molecule has 0 aromatic heterocycles. The van der Waals surface area contributed by atoms with Gasteiger partial charge in [0.05, 0.1) is 0 Å².